The van der Waals surface area contributed by atoms with Gasteiger partial charge in [0.05, 0.1) is 5.69 Å². The van der Waals surface area contributed by atoms with Crippen LogP contribution in [0.15, 0.2) is 18.2 Å². The Morgan fingerprint density at radius 1 is 1.28 bits per heavy atom. The van der Waals surface area contributed by atoms with Crippen molar-refractivity contribution in [1.82, 2.24) is 10.3 Å². The maximum atomic E-state index is 4.75. The molecule has 3 rings (SSSR count). The second-order valence-corrected chi connectivity index (χ2v) is 5.82. The van der Waals surface area contributed by atoms with Crippen LogP contribution in [0.4, 0.5) is 5.82 Å². The molecule has 98 valence electrons. The minimum Gasteiger partial charge on any atom is -0.359 e. The molecule has 2 aliphatic rings. The molecule has 0 aromatic carbocycles. The van der Waals surface area contributed by atoms with Gasteiger partial charge in [-0.3, -0.25) is 0 Å². The van der Waals surface area contributed by atoms with E-state index < -0.39 is 0 Å². The van der Waals surface area contributed by atoms with Crippen molar-refractivity contribution < 1.29 is 0 Å². The predicted octanol–water partition coefficient (Wildman–Crippen LogP) is 2.57. The Kier molecular flexibility index (Phi) is 3.50. The summed E-state index contributed by atoms with van der Waals surface area (Å²) in [6.45, 7) is 2.07. The van der Waals surface area contributed by atoms with Gasteiger partial charge in [0, 0.05) is 26.2 Å². The Hall–Kier alpha value is -1.09. The Bertz CT molecular complexity index is 396. The third-order valence-corrected chi connectivity index (χ3v) is 4.09. The summed E-state index contributed by atoms with van der Waals surface area (Å²) in [4.78, 5) is 7.06. The zero-order chi connectivity index (χ0) is 12.4. The number of hydrogen-bond acceptors (Lipinski definition) is 3. The maximum absolute atomic E-state index is 4.75. The van der Waals surface area contributed by atoms with E-state index in [1.807, 2.05) is 0 Å². The largest absolute Gasteiger partial charge is 0.359 e. The number of nitrogens with zero attached hydrogens (tertiary/aromatic N) is 2. The van der Waals surface area contributed by atoms with E-state index in [4.69, 9.17) is 4.98 Å². The summed E-state index contributed by atoms with van der Waals surface area (Å²) < 4.78 is 0. The van der Waals surface area contributed by atoms with Crippen molar-refractivity contribution in [3.8, 4) is 0 Å². The van der Waals surface area contributed by atoms with Crippen molar-refractivity contribution in [2.45, 2.75) is 44.7 Å². The van der Waals surface area contributed by atoms with Gasteiger partial charge >= 0.3 is 0 Å². The lowest BCUT2D eigenvalue weighted by Gasteiger charge is -2.30. The Labute approximate surface area is 110 Å². The molecule has 0 bridgehead atoms. The lowest BCUT2D eigenvalue weighted by molar-refractivity contribution is 0.321. The Morgan fingerprint density at radius 2 is 2.11 bits per heavy atom. The van der Waals surface area contributed by atoms with Crippen LogP contribution < -0.4 is 10.2 Å². The van der Waals surface area contributed by atoms with E-state index in [2.05, 4.69) is 35.5 Å². The van der Waals surface area contributed by atoms with Crippen LogP contribution in [0.3, 0.4) is 0 Å². The first-order valence-electron chi connectivity index (χ1n) is 7.22. The lowest BCUT2D eigenvalue weighted by Crippen LogP contribution is -2.30. The van der Waals surface area contributed by atoms with E-state index in [-0.39, 0.29) is 0 Å². The van der Waals surface area contributed by atoms with Crippen molar-refractivity contribution in [2.24, 2.45) is 5.92 Å². The van der Waals surface area contributed by atoms with E-state index in [0.717, 1.165) is 30.9 Å². The van der Waals surface area contributed by atoms with E-state index in [9.17, 15) is 0 Å². The summed E-state index contributed by atoms with van der Waals surface area (Å²) >= 11 is 0. The molecule has 0 atom stereocenters. The monoisotopic (exact) mass is 245 g/mol. The molecule has 0 unspecified atom stereocenters. The summed E-state index contributed by atoms with van der Waals surface area (Å²) in [6, 6.07) is 7.13. The molecule has 2 aliphatic carbocycles. The van der Waals surface area contributed by atoms with Gasteiger partial charge in [-0.25, -0.2) is 4.98 Å². The Morgan fingerprint density at radius 3 is 2.78 bits per heavy atom. The summed E-state index contributed by atoms with van der Waals surface area (Å²) in [7, 11) is 2.17. The highest BCUT2D eigenvalue weighted by molar-refractivity contribution is 5.38. The molecule has 1 aromatic heterocycles. The summed E-state index contributed by atoms with van der Waals surface area (Å²) in [6.07, 6.45) is 6.88. The summed E-state index contributed by atoms with van der Waals surface area (Å²) in [5.74, 6) is 2.02. The van der Waals surface area contributed by atoms with E-state index >= 15 is 0 Å². The third kappa shape index (κ3) is 3.02. The van der Waals surface area contributed by atoms with E-state index in [1.54, 1.807) is 0 Å². The van der Waals surface area contributed by atoms with Crippen LogP contribution in [0.1, 0.15) is 37.8 Å². The van der Waals surface area contributed by atoms with Crippen LogP contribution in [0.5, 0.6) is 0 Å². The van der Waals surface area contributed by atoms with Crippen LogP contribution in [-0.4, -0.2) is 24.6 Å². The van der Waals surface area contributed by atoms with E-state index in [1.165, 1.54) is 37.8 Å². The average molecular weight is 245 g/mol. The van der Waals surface area contributed by atoms with Crippen LogP contribution in [-0.2, 0) is 6.54 Å². The van der Waals surface area contributed by atoms with Crippen molar-refractivity contribution >= 4 is 5.82 Å². The molecular formula is C15H23N3. The van der Waals surface area contributed by atoms with Crippen molar-refractivity contribution in [1.29, 1.82) is 0 Å². The van der Waals surface area contributed by atoms with Gasteiger partial charge in [-0.15, -0.1) is 0 Å². The Balaban J connectivity index is 1.57. The summed E-state index contributed by atoms with van der Waals surface area (Å²) in [5, 5.41) is 3.52. The van der Waals surface area contributed by atoms with Crippen LogP contribution in [0.2, 0.25) is 0 Å². The van der Waals surface area contributed by atoms with Gasteiger partial charge in [-0.2, -0.15) is 0 Å². The third-order valence-electron chi connectivity index (χ3n) is 4.09. The fourth-order valence-corrected chi connectivity index (χ4v) is 2.47. The number of aromatic nitrogens is 1. The number of pyridine rings is 1. The average Bonchev–Trinajstić information content (AvgIpc) is 3.15. The summed E-state index contributed by atoms with van der Waals surface area (Å²) in [5.41, 5.74) is 1.17. The maximum Gasteiger partial charge on any atom is 0.128 e. The second-order valence-electron chi connectivity index (χ2n) is 5.82. The molecule has 0 radical (unpaired) electrons. The van der Waals surface area contributed by atoms with Crippen LogP contribution in [0.25, 0.3) is 0 Å². The molecule has 0 saturated heterocycles. The highest BCUT2D eigenvalue weighted by atomic mass is 15.2. The van der Waals surface area contributed by atoms with Crippen LogP contribution >= 0.6 is 0 Å². The number of rotatable bonds is 6. The topological polar surface area (TPSA) is 28.2 Å². The molecule has 0 amide bonds. The van der Waals surface area contributed by atoms with E-state index in [0.29, 0.717) is 0 Å². The van der Waals surface area contributed by atoms with Crippen molar-refractivity contribution in [3.05, 3.63) is 23.9 Å². The molecule has 0 aliphatic heterocycles. The molecule has 1 N–H and O–H groups in total. The zero-order valence-electron chi connectivity index (χ0n) is 11.2. The molecule has 0 spiro atoms. The van der Waals surface area contributed by atoms with Gasteiger partial charge in [-0.1, -0.05) is 12.5 Å². The fraction of sp³-hybridized carbons (Fsp3) is 0.667. The minimum absolute atomic E-state index is 0.753. The highest BCUT2D eigenvalue weighted by Crippen LogP contribution is 2.28. The first-order chi connectivity index (χ1) is 8.81. The van der Waals surface area contributed by atoms with Gasteiger partial charge in [-0.05, 0) is 43.7 Å². The van der Waals surface area contributed by atoms with Gasteiger partial charge in [0.2, 0.25) is 0 Å². The minimum atomic E-state index is 0.753. The normalized spacial score (nSPS) is 19.6. The second kappa shape index (κ2) is 5.27. The highest BCUT2D eigenvalue weighted by Gasteiger charge is 2.21. The molecule has 2 fully saturated rings. The number of hydrogen-bond donors (Lipinski definition) is 1. The molecule has 1 heterocycles. The first-order valence-corrected chi connectivity index (χ1v) is 7.22. The van der Waals surface area contributed by atoms with Gasteiger partial charge < -0.3 is 10.2 Å². The zero-order valence-corrected chi connectivity index (χ0v) is 11.2. The standard InChI is InChI=1S/C15H23N3/c1-18(11-12-4-2-5-12)15-7-3-6-14(17-15)10-16-13-8-9-13/h3,6-7,12-13,16H,2,4-5,8-11H2,1H3. The first kappa shape index (κ1) is 12.0. The molecule has 2 saturated carbocycles. The van der Waals surface area contributed by atoms with Crippen molar-refractivity contribution in [2.75, 3.05) is 18.5 Å². The van der Waals surface area contributed by atoms with Gasteiger partial charge in [0.25, 0.3) is 0 Å². The molecule has 18 heavy (non-hydrogen) atoms. The molecule has 1 aromatic rings. The smallest absolute Gasteiger partial charge is 0.128 e. The van der Waals surface area contributed by atoms with Crippen LogP contribution in [0, 0.1) is 5.92 Å². The fourth-order valence-electron chi connectivity index (χ4n) is 2.47. The SMILES string of the molecule is CN(CC1CCC1)c1cccc(CNC2CC2)n1. The molecular weight excluding hydrogens is 222 g/mol. The predicted molar refractivity (Wildman–Crippen MR) is 74.7 cm³/mol. The molecule has 3 nitrogen and oxygen atoms in total. The number of nitrogens with one attached hydrogen (secondary N) is 1. The quantitative estimate of drug-likeness (QED) is 0.835. The molecule has 3 heteroatoms. The number of anilines is 1. The van der Waals surface area contributed by atoms with Gasteiger partial charge in [0.1, 0.15) is 5.82 Å². The van der Waals surface area contributed by atoms with Crippen molar-refractivity contribution in [3.63, 3.8) is 0 Å². The lowest BCUT2D eigenvalue weighted by atomic mass is 9.85. The van der Waals surface area contributed by atoms with Gasteiger partial charge in [0.15, 0.2) is 0 Å².